The summed E-state index contributed by atoms with van der Waals surface area (Å²) in [6.07, 6.45) is -5.57. The van der Waals surface area contributed by atoms with Gasteiger partial charge in [-0.1, -0.05) is 17.7 Å². The van der Waals surface area contributed by atoms with Crippen molar-refractivity contribution in [3.8, 4) is 5.75 Å². The van der Waals surface area contributed by atoms with Crippen molar-refractivity contribution in [1.29, 1.82) is 0 Å². The third-order valence-corrected chi connectivity index (χ3v) is 3.46. The van der Waals surface area contributed by atoms with Crippen molar-refractivity contribution >= 4 is 23.3 Å². The Bertz CT molecular complexity index is 739. The van der Waals surface area contributed by atoms with Crippen molar-refractivity contribution < 1.29 is 27.8 Å². The molecule has 0 bridgehead atoms. The highest BCUT2D eigenvalue weighted by Gasteiger charge is 2.30. The normalized spacial score (nSPS) is 12.3. The molecule has 3 N–H and O–H groups in total. The van der Waals surface area contributed by atoms with Crippen LogP contribution in [0.4, 0.5) is 23.7 Å². The van der Waals surface area contributed by atoms with E-state index in [1.54, 1.807) is 24.3 Å². The van der Waals surface area contributed by atoms with Crippen molar-refractivity contribution in [3.05, 3.63) is 59.1 Å². The molecule has 26 heavy (non-hydrogen) atoms. The second-order valence-corrected chi connectivity index (χ2v) is 5.77. The number of alkyl halides is 3. The summed E-state index contributed by atoms with van der Waals surface area (Å²) >= 11 is 5.73. The number of aliphatic hydroxyl groups is 1. The summed E-state index contributed by atoms with van der Waals surface area (Å²) in [5.41, 5.74) is -0.327. The van der Waals surface area contributed by atoms with Crippen molar-refractivity contribution in [3.63, 3.8) is 0 Å². The summed E-state index contributed by atoms with van der Waals surface area (Å²) in [7, 11) is 0. The summed E-state index contributed by atoms with van der Waals surface area (Å²) in [5.74, 6) is -0.0236. The van der Waals surface area contributed by atoms with Gasteiger partial charge >= 0.3 is 12.2 Å². The maximum absolute atomic E-state index is 12.6. The van der Waals surface area contributed by atoms with Crippen LogP contribution in [0.2, 0.25) is 5.02 Å². The van der Waals surface area contributed by atoms with Crippen molar-refractivity contribution in [1.82, 2.24) is 5.32 Å². The molecule has 5 nitrogen and oxygen atoms in total. The number of amides is 2. The predicted octanol–water partition coefficient (Wildman–Crippen LogP) is 3.92. The maximum atomic E-state index is 12.6. The van der Waals surface area contributed by atoms with Crippen LogP contribution in [0.3, 0.4) is 0 Å². The number of rotatable bonds is 6. The average Bonchev–Trinajstić information content (AvgIpc) is 2.60. The summed E-state index contributed by atoms with van der Waals surface area (Å²) in [6.45, 7) is -0.416. The monoisotopic (exact) mass is 388 g/mol. The molecule has 2 aromatic carbocycles. The third-order valence-electron chi connectivity index (χ3n) is 3.20. The molecule has 0 heterocycles. The van der Waals surface area contributed by atoms with Crippen LogP contribution in [0.25, 0.3) is 0 Å². The standard InChI is InChI=1S/C17H16ClF3N2O3/c18-12-4-6-13(7-5-12)23-16(25)22-9-14(24)10-26-15-3-1-2-11(8-15)17(19,20)21/h1-8,14,24H,9-10H2,(H2,22,23,25). The summed E-state index contributed by atoms with van der Waals surface area (Å²) in [6, 6.07) is 10.2. The quantitative estimate of drug-likeness (QED) is 0.702. The molecule has 0 fully saturated rings. The molecule has 0 aliphatic carbocycles. The number of halogens is 4. The molecule has 2 amide bonds. The Morgan fingerprint density at radius 1 is 1.19 bits per heavy atom. The molecular weight excluding hydrogens is 373 g/mol. The maximum Gasteiger partial charge on any atom is 0.416 e. The van der Waals surface area contributed by atoms with E-state index in [4.69, 9.17) is 16.3 Å². The molecule has 0 radical (unpaired) electrons. The number of carbonyl (C=O) groups excluding carboxylic acids is 1. The Morgan fingerprint density at radius 2 is 1.88 bits per heavy atom. The second kappa shape index (κ2) is 8.77. The van der Waals surface area contributed by atoms with Crippen LogP contribution in [-0.4, -0.2) is 30.4 Å². The molecule has 2 rings (SSSR count). The number of urea groups is 1. The van der Waals surface area contributed by atoms with Crippen molar-refractivity contribution in [2.45, 2.75) is 12.3 Å². The van der Waals surface area contributed by atoms with E-state index < -0.39 is 23.9 Å². The molecule has 0 saturated carbocycles. The molecule has 140 valence electrons. The van der Waals surface area contributed by atoms with Crippen molar-refractivity contribution in [2.24, 2.45) is 0 Å². The number of hydrogen-bond donors (Lipinski definition) is 3. The minimum atomic E-state index is -4.47. The van der Waals surface area contributed by atoms with Crippen LogP contribution in [0.1, 0.15) is 5.56 Å². The minimum absolute atomic E-state index is 0.0236. The van der Waals surface area contributed by atoms with Gasteiger partial charge in [-0.15, -0.1) is 0 Å². The van der Waals surface area contributed by atoms with Gasteiger partial charge in [0.2, 0.25) is 0 Å². The molecule has 0 saturated heterocycles. The van der Waals surface area contributed by atoms with Gasteiger partial charge < -0.3 is 20.5 Å². The first-order valence-corrected chi connectivity index (χ1v) is 7.90. The van der Waals surface area contributed by atoms with Crippen LogP contribution in [0.5, 0.6) is 5.75 Å². The van der Waals surface area contributed by atoms with Crippen LogP contribution in [0.15, 0.2) is 48.5 Å². The second-order valence-electron chi connectivity index (χ2n) is 5.33. The molecule has 0 aromatic heterocycles. The fourth-order valence-electron chi connectivity index (χ4n) is 1.93. The first kappa shape index (κ1) is 19.9. The lowest BCUT2D eigenvalue weighted by atomic mass is 10.2. The molecule has 0 spiro atoms. The van der Waals surface area contributed by atoms with E-state index in [0.29, 0.717) is 10.7 Å². The van der Waals surface area contributed by atoms with Crippen LogP contribution in [-0.2, 0) is 6.18 Å². The van der Waals surface area contributed by atoms with E-state index in [1.165, 1.54) is 12.1 Å². The Morgan fingerprint density at radius 3 is 2.54 bits per heavy atom. The highest BCUT2D eigenvalue weighted by molar-refractivity contribution is 6.30. The molecule has 0 aliphatic rings. The van der Waals surface area contributed by atoms with E-state index in [1.807, 2.05) is 0 Å². The fraction of sp³-hybridized carbons (Fsp3) is 0.235. The summed E-state index contributed by atoms with van der Waals surface area (Å²) < 4.78 is 43.0. The summed E-state index contributed by atoms with van der Waals surface area (Å²) in [4.78, 5) is 11.7. The lowest BCUT2D eigenvalue weighted by molar-refractivity contribution is -0.137. The molecule has 2 aromatic rings. The Labute approximate surface area is 152 Å². The zero-order valence-corrected chi connectivity index (χ0v) is 14.1. The average molecular weight is 389 g/mol. The lowest BCUT2D eigenvalue weighted by Gasteiger charge is -2.15. The van der Waals surface area contributed by atoms with E-state index in [0.717, 1.165) is 12.1 Å². The molecule has 1 unspecified atom stereocenters. The Balaban J connectivity index is 1.76. The highest BCUT2D eigenvalue weighted by atomic mass is 35.5. The fourth-order valence-corrected chi connectivity index (χ4v) is 2.06. The Kier molecular flexibility index (Phi) is 6.70. The van der Waals surface area contributed by atoms with Gasteiger partial charge in [0.05, 0.1) is 5.56 Å². The number of hydrogen-bond acceptors (Lipinski definition) is 3. The number of aliphatic hydroxyl groups excluding tert-OH is 1. The zero-order valence-electron chi connectivity index (χ0n) is 13.4. The van der Waals surface area contributed by atoms with E-state index >= 15 is 0 Å². The van der Waals surface area contributed by atoms with Crippen LogP contribution in [0, 0.1) is 0 Å². The van der Waals surface area contributed by atoms with Gasteiger partial charge in [0, 0.05) is 17.3 Å². The van der Waals surface area contributed by atoms with E-state index in [2.05, 4.69) is 10.6 Å². The smallest absolute Gasteiger partial charge is 0.416 e. The molecule has 0 aliphatic heterocycles. The van der Waals surface area contributed by atoms with Gasteiger partial charge in [-0.3, -0.25) is 0 Å². The predicted molar refractivity (Wildman–Crippen MR) is 91.4 cm³/mol. The topological polar surface area (TPSA) is 70.6 Å². The SMILES string of the molecule is O=C(NCC(O)COc1cccc(C(F)(F)F)c1)Nc1ccc(Cl)cc1. The number of ether oxygens (including phenoxy) is 1. The minimum Gasteiger partial charge on any atom is -0.491 e. The van der Waals surface area contributed by atoms with E-state index in [9.17, 15) is 23.1 Å². The highest BCUT2D eigenvalue weighted by Crippen LogP contribution is 2.31. The Hall–Kier alpha value is -2.45. The largest absolute Gasteiger partial charge is 0.491 e. The zero-order chi connectivity index (χ0) is 19.2. The number of carbonyl (C=O) groups is 1. The van der Waals surface area contributed by atoms with Gasteiger partial charge in [0.15, 0.2) is 0 Å². The van der Waals surface area contributed by atoms with Crippen LogP contribution >= 0.6 is 11.6 Å². The van der Waals surface area contributed by atoms with Gasteiger partial charge in [-0.25, -0.2) is 4.79 Å². The van der Waals surface area contributed by atoms with Crippen LogP contribution < -0.4 is 15.4 Å². The van der Waals surface area contributed by atoms with Gasteiger partial charge in [-0.05, 0) is 42.5 Å². The van der Waals surface area contributed by atoms with Crippen molar-refractivity contribution in [2.75, 3.05) is 18.5 Å². The first-order valence-electron chi connectivity index (χ1n) is 7.52. The third kappa shape index (κ3) is 6.45. The van der Waals surface area contributed by atoms with E-state index in [-0.39, 0.29) is 18.9 Å². The molecule has 9 heteroatoms. The molecule has 1 atom stereocenters. The van der Waals surface area contributed by atoms with Gasteiger partial charge in [0.1, 0.15) is 18.5 Å². The molecular formula is C17H16ClF3N2O3. The number of benzene rings is 2. The summed E-state index contributed by atoms with van der Waals surface area (Å²) in [5, 5.41) is 15.3. The first-order chi connectivity index (χ1) is 12.2. The van der Waals surface area contributed by atoms with Gasteiger partial charge in [-0.2, -0.15) is 13.2 Å². The lowest BCUT2D eigenvalue weighted by Crippen LogP contribution is -2.37. The van der Waals surface area contributed by atoms with Gasteiger partial charge in [0.25, 0.3) is 0 Å². The number of nitrogens with one attached hydrogen (secondary N) is 2. The number of anilines is 1.